The Morgan fingerprint density at radius 2 is 1.80 bits per heavy atom. The lowest BCUT2D eigenvalue weighted by atomic mass is 9.87. The summed E-state index contributed by atoms with van der Waals surface area (Å²) in [5, 5.41) is 21.7. The molecule has 0 aromatic carbocycles. The highest BCUT2D eigenvalue weighted by Crippen LogP contribution is 2.23. The second-order valence-corrected chi connectivity index (χ2v) is 6.62. The van der Waals surface area contributed by atoms with E-state index in [2.05, 4.69) is 5.32 Å². The average Bonchev–Trinajstić information content (AvgIpc) is 2.33. The molecule has 20 heavy (non-hydrogen) atoms. The van der Waals surface area contributed by atoms with Crippen LogP contribution in [0.3, 0.4) is 0 Å². The van der Waals surface area contributed by atoms with Crippen molar-refractivity contribution in [2.75, 3.05) is 7.05 Å². The Morgan fingerprint density at radius 1 is 1.25 bits per heavy atom. The highest BCUT2D eigenvalue weighted by atomic mass is 16.4. The number of carbonyl (C=O) groups excluding carboxylic acids is 1. The molecule has 1 saturated carbocycles. The maximum absolute atomic E-state index is 12.2. The number of aliphatic hydroxyl groups excluding tert-OH is 1. The average molecular weight is 286 g/mol. The van der Waals surface area contributed by atoms with Crippen LogP contribution in [0.5, 0.6) is 0 Å². The molecule has 0 aromatic heterocycles. The number of aliphatic carboxylic acids is 1. The minimum absolute atomic E-state index is 0.238. The van der Waals surface area contributed by atoms with Crippen LogP contribution in [-0.4, -0.2) is 52.3 Å². The third-order valence-corrected chi connectivity index (χ3v) is 3.89. The Hall–Kier alpha value is -1.30. The SMILES string of the molecule is CN(C(=O)NC(C(=O)O)C(C)(C)C)C1CCCCC1O. The Morgan fingerprint density at radius 3 is 2.25 bits per heavy atom. The van der Waals surface area contributed by atoms with Crippen LogP contribution in [0.15, 0.2) is 0 Å². The number of likely N-dealkylation sites (N-methyl/N-ethyl adjacent to an activating group) is 1. The number of carbonyl (C=O) groups is 2. The second-order valence-electron chi connectivity index (χ2n) is 6.62. The van der Waals surface area contributed by atoms with Crippen molar-refractivity contribution >= 4 is 12.0 Å². The summed E-state index contributed by atoms with van der Waals surface area (Å²) in [6, 6.07) is -1.64. The number of nitrogens with one attached hydrogen (secondary N) is 1. The minimum Gasteiger partial charge on any atom is -0.480 e. The van der Waals surface area contributed by atoms with Gasteiger partial charge in [0.1, 0.15) is 6.04 Å². The Labute approximate surface area is 120 Å². The number of rotatable bonds is 3. The van der Waals surface area contributed by atoms with Gasteiger partial charge in [-0.25, -0.2) is 9.59 Å². The lowest BCUT2D eigenvalue weighted by Crippen LogP contribution is -2.56. The van der Waals surface area contributed by atoms with Gasteiger partial charge < -0.3 is 20.4 Å². The molecule has 116 valence electrons. The Bertz CT molecular complexity index is 365. The summed E-state index contributed by atoms with van der Waals surface area (Å²) in [7, 11) is 1.61. The number of urea groups is 1. The molecule has 6 heteroatoms. The number of hydrogen-bond acceptors (Lipinski definition) is 3. The molecule has 0 radical (unpaired) electrons. The van der Waals surface area contributed by atoms with Gasteiger partial charge >= 0.3 is 12.0 Å². The zero-order valence-electron chi connectivity index (χ0n) is 12.7. The normalized spacial score (nSPS) is 24.9. The van der Waals surface area contributed by atoms with Crippen LogP contribution in [0.2, 0.25) is 0 Å². The molecule has 0 heterocycles. The Balaban J connectivity index is 2.71. The molecule has 1 aliphatic rings. The first-order valence-corrected chi connectivity index (χ1v) is 7.08. The van der Waals surface area contributed by atoms with E-state index >= 15 is 0 Å². The van der Waals surface area contributed by atoms with Crippen molar-refractivity contribution in [2.45, 2.75) is 64.6 Å². The van der Waals surface area contributed by atoms with Crippen LogP contribution in [-0.2, 0) is 4.79 Å². The summed E-state index contributed by atoms with van der Waals surface area (Å²) < 4.78 is 0. The molecular weight excluding hydrogens is 260 g/mol. The van der Waals surface area contributed by atoms with Crippen molar-refractivity contribution < 1.29 is 19.8 Å². The molecule has 1 rings (SSSR count). The predicted molar refractivity (Wildman–Crippen MR) is 75.4 cm³/mol. The molecule has 0 aliphatic heterocycles. The van der Waals surface area contributed by atoms with Gasteiger partial charge in [0.25, 0.3) is 0 Å². The van der Waals surface area contributed by atoms with Gasteiger partial charge in [-0.2, -0.15) is 0 Å². The summed E-state index contributed by atoms with van der Waals surface area (Å²) in [5.74, 6) is -1.05. The maximum atomic E-state index is 12.2. The Kier molecular flexibility index (Phi) is 5.39. The zero-order chi connectivity index (χ0) is 15.5. The first-order chi connectivity index (χ1) is 9.14. The molecule has 0 bridgehead atoms. The van der Waals surface area contributed by atoms with Crippen LogP contribution < -0.4 is 5.32 Å². The van der Waals surface area contributed by atoms with Crippen LogP contribution in [0.4, 0.5) is 4.79 Å². The first kappa shape index (κ1) is 16.8. The highest BCUT2D eigenvalue weighted by molar-refractivity contribution is 5.83. The van der Waals surface area contributed by atoms with Crippen molar-refractivity contribution in [1.82, 2.24) is 10.2 Å². The molecule has 3 unspecified atom stereocenters. The van der Waals surface area contributed by atoms with Crippen molar-refractivity contribution in [3.8, 4) is 0 Å². The third-order valence-electron chi connectivity index (χ3n) is 3.89. The van der Waals surface area contributed by atoms with E-state index in [9.17, 15) is 19.8 Å². The fourth-order valence-electron chi connectivity index (χ4n) is 2.57. The molecule has 0 saturated heterocycles. The highest BCUT2D eigenvalue weighted by Gasteiger charge is 2.35. The largest absolute Gasteiger partial charge is 0.480 e. The van der Waals surface area contributed by atoms with Crippen LogP contribution >= 0.6 is 0 Å². The number of carboxylic acids is 1. The van der Waals surface area contributed by atoms with Crippen molar-refractivity contribution in [3.63, 3.8) is 0 Å². The molecule has 0 spiro atoms. The smallest absolute Gasteiger partial charge is 0.326 e. The summed E-state index contributed by atoms with van der Waals surface area (Å²) in [4.78, 5) is 24.9. The van der Waals surface area contributed by atoms with Crippen molar-refractivity contribution in [1.29, 1.82) is 0 Å². The molecule has 3 atom stereocenters. The molecule has 1 fully saturated rings. The van der Waals surface area contributed by atoms with E-state index in [0.29, 0.717) is 6.42 Å². The van der Waals surface area contributed by atoms with E-state index in [0.717, 1.165) is 19.3 Å². The topological polar surface area (TPSA) is 89.9 Å². The quantitative estimate of drug-likeness (QED) is 0.732. The van der Waals surface area contributed by atoms with E-state index < -0.39 is 29.6 Å². The fourth-order valence-corrected chi connectivity index (χ4v) is 2.57. The van der Waals surface area contributed by atoms with Gasteiger partial charge in [0.15, 0.2) is 0 Å². The molecule has 0 aromatic rings. The monoisotopic (exact) mass is 286 g/mol. The van der Waals surface area contributed by atoms with Gasteiger partial charge in [-0.15, -0.1) is 0 Å². The van der Waals surface area contributed by atoms with E-state index in [1.165, 1.54) is 4.90 Å². The van der Waals surface area contributed by atoms with Gasteiger partial charge in [-0.05, 0) is 18.3 Å². The second kappa shape index (κ2) is 6.43. The van der Waals surface area contributed by atoms with E-state index in [1.807, 2.05) is 0 Å². The third kappa shape index (κ3) is 4.10. The molecule has 1 aliphatic carbocycles. The minimum atomic E-state index is -1.05. The van der Waals surface area contributed by atoms with Gasteiger partial charge in [-0.3, -0.25) is 0 Å². The number of amides is 2. The lowest BCUT2D eigenvalue weighted by molar-refractivity contribution is -0.142. The predicted octanol–water partition coefficient (Wildman–Crippen LogP) is 1.43. The van der Waals surface area contributed by atoms with Crippen LogP contribution in [0.25, 0.3) is 0 Å². The van der Waals surface area contributed by atoms with Crippen molar-refractivity contribution in [3.05, 3.63) is 0 Å². The molecular formula is C14H26N2O4. The van der Waals surface area contributed by atoms with E-state index in [1.54, 1.807) is 27.8 Å². The first-order valence-electron chi connectivity index (χ1n) is 7.08. The summed E-state index contributed by atoms with van der Waals surface area (Å²) >= 11 is 0. The van der Waals surface area contributed by atoms with Gasteiger partial charge in [0.05, 0.1) is 12.1 Å². The number of nitrogens with zero attached hydrogens (tertiary/aromatic N) is 1. The van der Waals surface area contributed by atoms with E-state index in [4.69, 9.17) is 0 Å². The lowest BCUT2D eigenvalue weighted by Gasteiger charge is -2.37. The molecule has 6 nitrogen and oxygen atoms in total. The summed E-state index contributed by atoms with van der Waals surface area (Å²) in [5.41, 5.74) is -0.576. The maximum Gasteiger partial charge on any atom is 0.326 e. The molecule has 3 N–H and O–H groups in total. The van der Waals surface area contributed by atoms with Crippen LogP contribution in [0, 0.1) is 5.41 Å². The number of carboxylic acid groups (broad SMARTS) is 1. The number of aliphatic hydroxyl groups is 1. The van der Waals surface area contributed by atoms with Crippen molar-refractivity contribution in [2.24, 2.45) is 5.41 Å². The van der Waals surface area contributed by atoms with Crippen LogP contribution in [0.1, 0.15) is 46.5 Å². The van der Waals surface area contributed by atoms with E-state index in [-0.39, 0.29) is 6.04 Å². The summed E-state index contributed by atoms with van der Waals surface area (Å²) in [6.07, 6.45) is 2.84. The molecule has 2 amide bonds. The fraction of sp³-hybridized carbons (Fsp3) is 0.857. The summed E-state index contributed by atoms with van der Waals surface area (Å²) in [6.45, 7) is 5.30. The standard InChI is InChI=1S/C14H26N2O4/c1-14(2,3)11(12(18)19)15-13(20)16(4)9-7-5-6-8-10(9)17/h9-11,17H,5-8H2,1-4H3,(H,15,20)(H,18,19). The van der Waals surface area contributed by atoms with Gasteiger partial charge in [-0.1, -0.05) is 33.6 Å². The van der Waals surface area contributed by atoms with Gasteiger partial charge in [0, 0.05) is 7.05 Å². The van der Waals surface area contributed by atoms with Gasteiger partial charge in [0.2, 0.25) is 0 Å². The number of hydrogen-bond donors (Lipinski definition) is 3. The zero-order valence-corrected chi connectivity index (χ0v) is 12.7.